The van der Waals surface area contributed by atoms with Crippen molar-refractivity contribution in [3.05, 3.63) is 70.8 Å². The first-order valence-corrected chi connectivity index (χ1v) is 28.0. The van der Waals surface area contributed by atoms with E-state index in [1.807, 2.05) is 32.2 Å². The predicted octanol–water partition coefficient (Wildman–Crippen LogP) is 7.44. The molecule has 0 radical (unpaired) electrons. The molecule has 74 heavy (non-hydrogen) atoms. The molecule has 5 atom stereocenters. The number of benzene rings is 1. The number of cyclic esters (lactones) is 1. The van der Waals surface area contributed by atoms with Crippen LogP contribution < -0.4 is 10.7 Å². The minimum Gasteiger partial charge on any atom is -0.464 e. The van der Waals surface area contributed by atoms with Crippen LogP contribution in [0.15, 0.2) is 54.6 Å². The number of nitrogens with one attached hydrogen (secondary N) is 2. The van der Waals surface area contributed by atoms with Crippen molar-refractivity contribution in [1.82, 2.24) is 40.1 Å². The third-order valence-corrected chi connectivity index (χ3v) is 18.5. The van der Waals surface area contributed by atoms with E-state index in [2.05, 4.69) is 66.9 Å². The van der Waals surface area contributed by atoms with E-state index in [1.54, 1.807) is 18.2 Å². The van der Waals surface area contributed by atoms with Crippen molar-refractivity contribution in [2.75, 3.05) is 52.8 Å². The fourth-order valence-corrected chi connectivity index (χ4v) is 14.1. The van der Waals surface area contributed by atoms with E-state index in [1.165, 1.54) is 46.1 Å². The number of carbonyl (C=O) groups is 5. The summed E-state index contributed by atoms with van der Waals surface area (Å²) >= 11 is 2.87. The van der Waals surface area contributed by atoms with Crippen molar-refractivity contribution in [3.8, 4) is 22.5 Å². The van der Waals surface area contributed by atoms with Crippen molar-refractivity contribution in [2.24, 2.45) is 16.7 Å². The number of rotatable bonds is 10. The molecule has 5 aliphatic rings. The summed E-state index contributed by atoms with van der Waals surface area (Å²) in [6, 6.07) is 8.59. The van der Waals surface area contributed by atoms with Gasteiger partial charge in [0.2, 0.25) is 17.7 Å². The fraction of sp³-hybridized carbons (Fsp3) is 0.582. The number of nitrogens with zero attached hydrogens (tertiary/aromatic N) is 6. The van der Waals surface area contributed by atoms with Gasteiger partial charge in [0, 0.05) is 85.0 Å². The molecule has 4 amide bonds. The van der Waals surface area contributed by atoms with E-state index in [0.29, 0.717) is 62.8 Å². The molecule has 2 spiro atoms. The number of thiazole rings is 1. The van der Waals surface area contributed by atoms with Crippen LogP contribution in [0, 0.1) is 16.7 Å². The van der Waals surface area contributed by atoms with Gasteiger partial charge in [-0.05, 0) is 101 Å². The van der Waals surface area contributed by atoms with Crippen molar-refractivity contribution in [3.63, 3.8) is 0 Å². The van der Waals surface area contributed by atoms with E-state index in [0.717, 1.165) is 44.7 Å². The number of ether oxygens (including phenoxy) is 3. The van der Waals surface area contributed by atoms with Crippen LogP contribution in [-0.4, -0.2) is 140 Å². The second-order valence-electron chi connectivity index (χ2n) is 22.1. The number of hydrogen-bond acceptors (Lipinski definition) is 13. The Morgan fingerprint density at radius 2 is 1.88 bits per heavy atom. The van der Waals surface area contributed by atoms with Crippen molar-refractivity contribution >= 4 is 63.6 Å². The highest BCUT2D eigenvalue weighted by Crippen LogP contribution is 2.50. The lowest BCUT2D eigenvalue weighted by atomic mass is 9.75. The van der Waals surface area contributed by atoms with Gasteiger partial charge in [0.25, 0.3) is 5.91 Å². The van der Waals surface area contributed by atoms with E-state index >= 15 is 9.18 Å². The third kappa shape index (κ3) is 10.0. The van der Waals surface area contributed by atoms with Gasteiger partial charge in [-0.25, -0.2) is 14.8 Å². The summed E-state index contributed by atoms with van der Waals surface area (Å²) in [5.41, 5.74) is 5.13. The lowest BCUT2D eigenvalue weighted by Gasteiger charge is -2.50. The maximum absolute atomic E-state index is 17.0. The number of aromatic nitrogens is 3. The molecule has 16 nitrogen and oxygen atoms in total. The first kappa shape index (κ1) is 53.6. The summed E-state index contributed by atoms with van der Waals surface area (Å²) in [7, 11) is 3.15. The highest BCUT2D eigenvalue weighted by molar-refractivity contribution is 8.01. The number of hydrazine groups is 1. The minimum atomic E-state index is -2.25. The van der Waals surface area contributed by atoms with Crippen molar-refractivity contribution < 1.29 is 42.6 Å². The topological polar surface area (TPSA) is 178 Å². The Hall–Kier alpha value is -5.21. The van der Waals surface area contributed by atoms with Crippen LogP contribution in [0.5, 0.6) is 0 Å². The molecule has 0 unspecified atom stereocenters. The van der Waals surface area contributed by atoms with Gasteiger partial charge in [-0.3, -0.25) is 34.0 Å². The van der Waals surface area contributed by atoms with E-state index in [-0.39, 0.29) is 56.6 Å². The predicted molar refractivity (Wildman–Crippen MR) is 283 cm³/mol. The average molecular weight is 1060 g/mol. The molecule has 1 saturated carbocycles. The normalized spacial score (nSPS) is 27.1. The number of hydrogen-bond donors (Lipinski definition) is 2. The SMILES string of the molecule is C=CC(=O)N1CCOC2(CCC(F)(C(=O)N(C)[C@H](C(=O)N[C@@H]3SC[C@@]34Cc3nc(cs3)-c3ccc5c(c3)c(c(-c3cccnc3[C@H](C)OC)n5CC)CC(C)(C)COC(=O)[C@@H]3CCCN(N3)C4=O)C(C)C)CC2)C1. The quantitative estimate of drug-likeness (QED) is 0.119. The van der Waals surface area contributed by atoms with Gasteiger partial charge < -0.3 is 33.9 Å². The van der Waals surface area contributed by atoms with Crippen molar-refractivity contribution in [2.45, 2.75) is 134 Å². The summed E-state index contributed by atoms with van der Waals surface area (Å²) < 4.78 is 37.4. The van der Waals surface area contributed by atoms with Gasteiger partial charge in [0.15, 0.2) is 5.67 Å². The fourth-order valence-electron chi connectivity index (χ4n) is 11.8. The van der Waals surface area contributed by atoms with Gasteiger partial charge in [0.05, 0.1) is 64.3 Å². The number of amides is 4. The highest BCUT2D eigenvalue weighted by atomic mass is 32.2. The molecule has 19 heteroatoms. The van der Waals surface area contributed by atoms with Gasteiger partial charge in [-0.2, -0.15) is 0 Å². The van der Waals surface area contributed by atoms with E-state index in [9.17, 15) is 19.2 Å². The molecular weight excluding hydrogens is 984 g/mol. The zero-order valence-electron chi connectivity index (χ0n) is 44.0. The van der Waals surface area contributed by atoms with Crippen LogP contribution in [0.4, 0.5) is 4.39 Å². The molecule has 4 aliphatic heterocycles. The molecule has 4 aromatic rings. The van der Waals surface area contributed by atoms with Crippen LogP contribution in [0.2, 0.25) is 0 Å². The number of alkyl halides is 1. The molecule has 2 N–H and O–H groups in total. The van der Waals surface area contributed by atoms with Gasteiger partial charge in [0.1, 0.15) is 12.1 Å². The number of halogens is 1. The first-order chi connectivity index (χ1) is 35.3. The first-order valence-electron chi connectivity index (χ1n) is 26.0. The largest absolute Gasteiger partial charge is 0.464 e. The van der Waals surface area contributed by atoms with Crippen LogP contribution in [0.1, 0.15) is 102 Å². The third-order valence-electron chi connectivity index (χ3n) is 16.0. The van der Waals surface area contributed by atoms with Crippen LogP contribution in [0.25, 0.3) is 33.4 Å². The van der Waals surface area contributed by atoms with E-state index < -0.39 is 63.3 Å². The zero-order chi connectivity index (χ0) is 52.9. The summed E-state index contributed by atoms with van der Waals surface area (Å²) in [6.45, 7) is 17.7. The standard InChI is InChI=1S/C55H71FN8O8S2/c1-10-43(65)62-24-25-72-53(30-62)18-20-55(56,21-19-53)51(69)61(8)45(33(3)4)47(66)59-49-54(32-74-49)28-42-58-40(29-73-42)35-16-17-41-37(26-35)38(46(63(41)11-2)36-14-12-22-57-44(36)34(5)70-9)27-52(6,7)31-71-48(67)39-15-13-23-64(60-39)50(54)68/h10,12,14,16-17,22,26,29,33-34,39,45,49,60H,1,11,13,15,18-21,23-25,27-28,30-32H2,2-9H3,(H,59,66)/t34-,39-,45-,49+,53?,54-,55?/m0/s1. The average Bonchev–Trinajstić information content (AvgIpc) is 3.99. The molecule has 6 bridgehead atoms. The Bertz CT molecular complexity index is 2820. The molecule has 9 rings (SSSR count). The second-order valence-corrected chi connectivity index (χ2v) is 24.1. The summed E-state index contributed by atoms with van der Waals surface area (Å²) in [5, 5.41) is 7.69. The Kier molecular flexibility index (Phi) is 15.3. The molecule has 7 heterocycles. The van der Waals surface area contributed by atoms with Crippen molar-refractivity contribution in [1.29, 1.82) is 0 Å². The maximum Gasteiger partial charge on any atom is 0.324 e. The Labute approximate surface area is 441 Å². The number of likely N-dealkylation sites (N-methyl/N-ethyl adjacent to an activating group) is 1. The van der Waals surface area contributed by atoms with Crippen LogP contribution in [0.3, 0.4) is 0 Å². The Morgan fingerprint density at radius 3 is 2.57 bits per heavy atom. The number of thioether (sulfide) groups is 1. The molecule has 398 valence electrons. The molecule has 3 aromatic heterocycles. The number of esters is 1. The molecule has 1 aliphatic carbocycles. The van der Waals surface area contributed by atoms with Gasteiger partial charge in [-0.15, -0.1) is 23.1 Å². The molecule has 3 saturated heterocycles. The number of fused-ring (bicyclic) bond motifs is 6. The van der Waals surface area contributed by atoms with Crippen LogP contribution in [-0.2, 0) is 57.6 Å². The lowest BCUT2D eigenvalue weighted by molar-refractivity contribution is -0.170. The van der Waals surface area contributed by atoms with E-state index in [4.69, 9.17) is 24.2 Å². The number of morpholine rings is 1. The number of methoxy groups -OCH3 is 1. The molecular formula is C55H71FN8O8S2. The van der Waals surface area contributed by atoms with Gasteiger partial charge >= 0.3 is 5.97 Å². The summed E-state index contributed by atoms with van der Waals surface area (Å²) in [5.74, 6) is -2.31. The highest BCUT2D eigenvalue weighted by Gasteiger charge is 2.58. The zero-order valence-corrected chi connectivity index (χ0v) is 45.6. The Morgan fingerprint density at radius 1 is 1.11 bits per heavy atom. The summed E-state index contributed by atoms with van der Waals surface area (Å²) in [6.07, 6.45) is 4.77. The second kappa shape index (κ2) is 21.1. The van der Waals surface area contributed by atoms with Crippen LogP contribution >= 0.6 is 23.1 Å². The van der Waals surface area contributed by atoms with Gasteiger partial charge in [-0.1, -0.05) is 40.3 Å². The molecule has 4 fully saturated rings. The molecule has 1 aromatic carbocycles. The number of aryl methyl sites for hydroxylation is 1. The maximum atomic E-state index is 17.0. The lowest BCUT2D eigenvalue weighted by Crippen LogP contribution is -2.68. The summed E-state index contributed by atoms with van der Waals surface area (Å²) in [4.78, 5) is 83.6. The number of carbonyl (C=O) groups excluding carboxylic acids is 5. The number of pyridine rings is 1. The Balaban J connectivity index is 1.03. The smallest absolute Gasteiger partial charge is 0.324 e. The monoisotopic (exact) mass is 1050 g/mol. The minimum absolute atomic E-state index is 0.123.